The summed E-state index contributed by atoms with van der Waals surface area (Å²) in [7, 11) is 0. The predicted octanol–water partition coefficient (Wildman–Crippen LogP) is 2.69. The number of carbonyl (C=O) groups excluding carboxylic acids is 2. The van der Waals surface area contributed by atoms with Crippen LogP contribution in [0.2, 0.25) is 0 Å². The van der Waals surface area contributed by atoms with Crippen LogP contribution in [0.1, 0.15) is 36.9 Å². The molecular weight excluding hydrogens is 373 g/mol. The zero-order valence-corrected chi connectivity index (χ0v) is 16.4. The average Bonchev–Trinajstić information content (AvgIpc) is 3.20. The average molecular weight is 399 g/mol. The fraction of sp³-hybridized carbons (Fsp3) is 0.364. The van der Waals surface area contributed by atoms with E-state index in [2.05, 4.69) is 10.6 Å². The van der Waals surface area contributed by atoms with Gasteiger partial charge in [0, 0.05) is 18.8 Å². The zero-order valence-electron chi connectivity index (χ0n) is 16.4. The summed E-state index contributed by atoms with van der Waals surface area (Å²) in [6.45, 7) is 2.53. The van der Waals surface area contributed by atoms with Crippen molar-refractivity contribution in [3.8, 4) is 0 Å². The molecule has 1 fully saturated rings. The van der Waals surface area contributed by atoms with E-state index in [-0.39, 0.29) is 30.8 Å². The number of rotatable bonds is 7. The van der Waals surface area contributed by atoms with Crippen LogP contribution in [-0.2, 0) is 20.7 Å². The molecule has 0 saturated carbocycles. The molecule has 2 atom stereocenters. The number of hydrogen-bond donors (Lipinski definition) is 3. The lowest BCUT2D eigenvalue weighted by atomic mass is 9.98. The van der Waals surface area contributed by atoms with Gasteiger partial charge in [0.2, 0.25) is 5.91 Å². The first kappa shape index (κ1) is 21.0. The van der Waals surface area contributed by atoms with Gasteiger partial charge >= 0.3 is 0 Å². The maximum atomic E-state index is 13.7. The van der Waals surface area contributed by atoms with Crippen LogP contribution in [0.4, 0.5) is 10.1 Å². The van der Waals surface area contributed by atoms with Gasteiger partial charge in [0.05, 0.1) is 12.5 Å². The SMILES string of the molecule is CC(NC(=O)C1(CN)CCCO1)c1cccc(NC(=O)Cc2ccccc2F)c1. The van der Waals surface area contributed by atoms with Gasteiger partial charge in [-0.25, -0.2) is 4.39 Å². The summed E-state index contributed by atoms with van der Waals surface area (Å²) in [5.41, 5.74) is 6.56. The van der Waals surface area contributed by atoms with Crippen molar-refractivity contribution >= 4 is 17.5 Å². The molecule has 7 heteroatoms. The number of nitrogens with one attached hydrogen (secondary N) is 2. The number of anilines is 1. The van der Waals surface area contributed by atoms with Crippen molar-refractivity contribution in [1.82, 2.24) is 5.32 Å². The predicted molar refractivity (Wildman–Crippen MR) is 109 cm³/mol. The van der Waals surface area contributed by atoms with Crippen LogP contribution < -0.4 is 16.4 Å². The molecule has 1 aliphatic heterocycles. The number of carbonyl (C=O) groups is 2. The molecule has 3 rings (SSSR count). The summed E-state index contributed by atoms with van der Waals surface area (Å²) in [6.07, 6.45) is 1.36. The summed E-state index contributed by atoms with van der Waals surface area (Å²) in [6, 6.07) is 13.1. The minimum Gasteiger partial charge on any atom is -0.364 e. The first-order chi connectivity index (χ1) is 13.9. The molecule has 0 radical (unpaired) electrons. The Kier molecular flexibility index (Phi) is 6.61. The summed E-state index contributed by atoms with van der Waals surface area (Å²) >= 11 is 0. The Balaban J connectivity index is 1.63. The number of benzene rings is 2. The van der Waals surface area contributed by atoms with Crippen LogP contribution in [0.3, 0.4) is 0 Å². The molecule has 2 unspecified atom stereocenters. The molecule has 0 aromatic heterocycles. The zero-order chi connectivity index (χ0) is 20.9. The van der Waals surface area contributed by atoms with Crippen molar-refractivity contribution < 1.29 is 18.7 Å². The van der Waals surface area contributed by atoms with Crippen LogP contribution in [0, 0.1) is 5.82 Å². The van der Waals surface area contributed by atoms with Crippen LogP contribution in [0.5, 0.6) is 0 Å². The van der Waals surface area contributed by atoms with E-state index in [0.717, 1.165) is 12.0 Å². The standard InChI is InChI=1S/C22H26FN3O3/c1-15(25-21(28)22(14-24)10-5-11-29-22)16-7-4-8-18(12-16)26-20(27)13-17-6-2-3-9-19(17)23/h2-4,6-9,12,15H,5,10-11,13-14,24H2,1H3,(H,25,28)(H,26,27). The molecule has 6 nitrogen and oxygen atoms in total. The van der Waals surface area contributed by atoms with E-state index in [1.54, 1.807) is 36.4 Å². The number of nitrogens with two attached hydrogens (primary N) is 1. The second kappa shape index (κ2) is 9.15. The molecule has 4 N–H and O–H groups in total. The van der Waals surface area contributed by atoms with Crippen molar-refractivity contribution in [2.75, 3.05) is 18.5 Å². The second-order valence-corrected chi connectivity index (χ2v) is 7.29. The monoisotopic (exact) mass is 399 g/mol. The number of ether oxygens (including phenoxy) is 1. The van der Waals surface area contributed by atoms with Crippen LogP contribution >= 0.6 is 0 Å². The van der Waals surface area contributed by atoms with E-state index < -0.39 is 11.4 Å². The molecule has 29 heavy (non-hydrogen) atoms. The number of hydrogen-bond acceptors (Lipinski definition) is 4. The van der Waals surface area contributed by atoms with Crippen molar-refractivity contribution in [1.29, 1.82) is 0 Å². The first-order valence-corrected chi connectivity index (χ1v) is 9.72. The number of amides is 2. The summed E-state index contributed by atoms with van der Waals surface area (Å²) in [5, 5.41) is 5.73. The van der Waals surface area contributed by atoms with Gasteiger partial charge in [-0.15, -0.1) is 0 Å². The molecule has 154 valence electrons. The number of halogens is 1. The highest BCUT2D eigenvalue weighted by Crippen LogP contribution is 2.26. The van der Waals surface area contributed by atoms with Crippen molar-refractivity contribution in [2.24, 2.45) is 5.73 Å². The molecule has 1 aliphatic rings. The smallest absolute Gasteiger partial charge is 0.254 e. The van der Waals surface area contributed by atoms with Gasteiger partial charge in [0.15, 0.2) is 5.60 Å². The Morgan fingerprint density at radius 3 is 2.72 bits per heavy atom. The van der Waals surface area contributed by atoms with Crippen LogP contribution in [-0.4, -0.2) is 30.6 Å². The third-order valence-corrected chi connectivity index (χ3v) is 5.17. The molecule has 0 aliphatic carbocycles. The largest absolute Gasteiger partial charge is 0.364 e. The summed E-state index contributed by atoms with van der Waals surface area (Å²) < 4.78 is 19.3. The lowest BCUT2D eigenvalue weighted by Gasteiger charge is -2.27. The van der Waals surface area contributed by atoms with Gasteiger partial charge in [0.25, 0.3) is 5.91 Å². The van der Waals surface area contributed by atoms with Crippen LogP contribution in [0.25, 0.3) is 0 Å². The normalized spacial score (nSPS) is 19.6. The quantitative estimate of drug-likeness (QED) is 0.667. The Hall–Kier alpha value is -2.77. The van der Waals surface area contributed by atoms with E-state index in [0.29, 0.717) is 24.3 Å². The van der Waals surface area contributed by atoms with Gasteiger partial charge in [-0.2, -0.15) is 0 Å². The van der Waals surface area contributed by atoms with Gasteiger partial charge in [-0.3, -0.25) is 9.59 Å². The molecule has 0 spiro atoms. The topological polar surface area (TPSA) is 93.5 Å². The molecular formula is C22H26FN3O3. The molecule has 1 heterocycles. The van der Waals surface area contributed by atoms with Gasteiger partial charge in [-0.1, -0.05) is 30.3 Å². The molecule has 2 aromatic carbocycles. The van der Waals surface area contributed by atoms with E-state index in [1.807, 2.05) is 13.0 Å². The van der Waals surface area contributed by atoms with Gasteiger partial charge in [0.1, 0.15) is 5.82 Å². The lowest BCUT2D eigenvalue weighted by Crippen LogP contribution is -2.52. The highest BCUT2D eigenvalue weighted by molar-refractivity contribution is 5.92. The highest BCUT2D eigenvalue weighted by atomic mass is 19.1. The molecule has 1 saturated heterocycles. The second-order valence-electron chi connectivity index (χ2n) is 7.29. The maximum absolute atomic E-state index is 13.7. The third-order valence-electron chi connectivity index (χ3n) is 5.17. The van der Waals surface area contributed by atoms with Gasteiger partial charge < -0.3 is 21.1 Å². The molecule has 0 bridgehead atoms. The highest BCUT2D eigenvalue weighted by Gasteiger charge is 2.41. The minimum atomic E-state index is -0.958. The molecule has 2 aromatic rings. The Labute approximate surface area is 169 Å². The van der Waals surface area contributed by atoms with Gasteiger partial charge in [-0.05, 0) is 49.1 Å². The third kappa shape index (κ3) is 4.99. The van der Waals surface area contributed by atoms with E-state index in [1.165, 1.54) is 6.07 Å². The van der Waals surface area contributed by atoms with Crippen molar-refractivity contribution in [3.63, 3.8) is 0 Å². The van der Waals surface area contributed by atoms with Crippen LogP contribution in [0.15, 0.2) is 48.5 Å². The minimum absolute atomic E-state index is 0.0560. The summed E-state index contributed by atoms with van der Waals surface area (Å²) in [4.78, 5) is 24.9. The first-order valence-electron chi connectivity index (χ1n) is 9.72. The lowest BCUT2D eigenvalue weighted by molar-refractivity contribution is -0.141. The van der Waals surface area contributed by atoms with Crippen molar-refractivity contribution in [3.05, 3.63) is 65.5 Å². The van der Waals surface area contributed by atoms with Crippen molar-refractivity contribution in [2.45, 2.75) is 37.8 Å². The fourth-order valence-electron chi connectivity index (χ4n) is 3.45. The van der Waals surface area contributed by atoms with E-state index in [4.69, 9.17) is 10.5 Å². The molecule has 2 amide bonds. The Bertz CT molecular complexity index is 881. The Morgan fingerprint density at radius 2 is 2.03 bits per heavy atom. The van der Waals surface area contributed by atoms with E-state index in [9.17, 15) is 14.0 Å². The summed E-state index contributed by atoms with van der Waals surface area (Å²) in [5.74, 6) is -0.944. The fourth-order valence-corrected chi connectivity index (χ4v) is 3.45. The maximum Gasteiger partial charge on any atom is 0.254 e. The van der Waals surface area contributed by atoms with E-state index >= 15 is 0 Å². The Morgan fingerprint density at radius 1 is 1.24 bits per heavy atom.